The van der Waals surface area contributed by atoms with Gasteiger partial charge in [0.15, 0.2) is 0 Å². The molecule has 0 unspecified atom stereocenters. The van der Waals surface area contributed by atoms with Crippen LogP contribution in [0.4, 0.5) is 11.8 Å². The van der Waals surface area contributed by atoms with Crippen molar-refractivity contribution in [3.63, 3.8) is 0 Å². The van der Waals surface area contributed by atoms with Gasteiger partial charge in [0.2, 0.25) is 16.0 Å². The average molecular weight is 528 g/mol. The molecule has 9 heteroatoms. The lowest BCUT2D eigenvalue weighted by Gasteiger charge is -2.36. The smallest absolute Gasteiger partial charge is 0.225 e. The number of anilines is 2. The maximum absolute atomic E-state index is 13.0. The number of Topliss-reactive ketones (excluding diaryl/α,β-unsaturated/α-hetero) is 1. The van der Waals surface area contributed by atoms with Gasteiger partial charge in [-0.05, 0) is 73.8 Å². The van der Waals surface area contributed by atoms with Gasteiger partial charge in [0.1, 0.15) is 11.6 Å². The van der Waals surface area contributed by atoms with E-state index in [1.54, 1.807) is 0 Å². The second-order valence-corrected chi connectivity index (χ2v) is 14.1. The minimum absolute atomic E-state index is 0.0533. The van der Waals surface area contributed by atoms with E-state index in [1.165, 1.54) is 0 Å². The Balaban J connectivity index is 1.11. The number of hydrogen-bond acceptors (Lipinski definition) is 7. The Morgan fingerprint density at radius 2 is 1.68 bits per heavy atom. The zero-order valence-corrected chi connectivity index (χ0v) is 23.4. The highest BCUT2D eigenvalue weighted by atomic mass is 32.2. The van der Waals surface area contributed by atoms with Crippen LogP contribution in [0.5, 0.6) is 0 Å². The standard InChI is InChI=1S/C28H41N5O3S/c1-27(2)21-13-14-28(27,24(34)15-21)18-37(35,36)30-17-20-11-9-19(10-12-20)16-29-26-31-23-8-6-5-7-22(23)25(32-26)33(3)4/h5-8,19-21,30H,9-18H2,1-4H3,(H,29,31,32)/t19-,20-,21-,28-/m0/s1. The highest BCUT2D eigenvalue weighted by Gasteiger charge is 2.65. The predicted molar refractivity (Wildman–Crippen MR) is 148 cm³/mol. The molecule has 2 atom stereocenters. The molecule has 3 aliphatic rings. The number of rotatable bonds is 9. The van der Waals surface area contributed by atoms with Gasteiger partial charge in [0, 0.05) is 44.4 Å². The summed E-state index contributed by atoms with van der Waals surface area (Å²) < 4.78 is 29.0. The van der Waals surface area contributed by atoms with Crippen molar-refractivity contribution in [3.05, 3.63) is 24.3 Å². The third-order valence-electron chi connectivity index (χ3n) is 9.69. The molecule has 3 saturated carbocycles. The molecular formula is C28H41N5O3S. The van der Waals surface area contributed by atoms with E-state index in [1.807, 2.05) is 43.3 Å². The highest BCUT2D eigenvalue weighted by Crippen LogP contribution is 2.64. The number of ketones is 1. The van der Waals surface area contributed by atoms with Crippen molar-refractivity contribution in [1.82, 2.24) is 14.7 Å². The van der Waals surface area contributed by atoms with E-state index >= 15 is 0 Å². The molecular weight excluding hydrogens is 486 g/mol. The summed E-state index contributed by atoms with van der Waals surface area (Å²) in [4.78, 5) is 24.2. The van der Waals surface area contributed by atoms with Crippen LogP contribution in [0.3, 0.4) is 0 Å². The zero-order chi connectivity index (χ0) is 26.4. The van der Waals surface area contributed by atoms with Crippen molar-refractivity contribution < 1.29 is 13.2 Å². The maximum Gasteiger partial charge on any atom is 0.225 e. The first-order valence-electron chi connectivity index (χ1n) is 13.7. The molecule has 0 aliphatic heterocycles. The quantitative estimate of drug-likeness (QED) is 0.503. The van der Waals surface area contributed by atoms with Crippen LogP contribution in [0.25, 0.3) is 10.9 Å². The topological polar surface area (TPSA) is 104 Å². The summed E-state index contributed by atoms with van der Waals surface area (Å²) in [6.07, 6.45) is 6.30. The van der Waals surface area contributed by atoms with E-state index in [2.05, 4.69) is 23.9 Å². The van der Waals surface area contributed by atoms with Gasteiger partial charge in [-0.15, -0.1) is 0 Å². The van der Waals surface area contributed by atoms with Gasteiger partial charge in [-0.25, -0.2) is 18.1 Å². The third-order valence-corrected chi connectivity index (χ3v) is 11.2. The summed E-state index contributed by atoms with van der Waals surface area (Å²) in [5, 5.41) is 4.48. The van der Waals surface area contributed by atoms with Crippen molar-refractivity contribution in [2.75, 3.05) is 43.2 Å². The molecule has 1 aromatic carbocycles. The number of nitrogens with one attached hydrogen (secondary N) is 2. The van der Waals surface area contributed by atoms with Crippen LogP contribution < -0.4 is 14.9 Å². The van der Waals surface area contributed by atoms with Crippen LogP contribution in [0, 0.1) is 28.6 Å². The molecule has 0 spiro atoms. The van der Waals surface area contributed by atoms with Gasteiger partial charge >= 0.3 is 0 Å². The Kier molecular flexibility index (Phi) is 6.98. The van der Waals surface area contributed by atoms with Crippen LogP contribution in [-0.2, 0) is 14.8 Å². The first-order valence-corrected chi connectivity index (χ1v) is 15.3. The van der Waals surface area contributed by atoms with Gasteiger partial charge in [0.25, 0.3) is 0 Å². The summed E-state index contributed by atoms with van der Waals surface area (Å²) in [7, 11) is 0.477. The second-order valence-electron chi connectivity index (χ2n) is 12.3. The van der Waals surface area contributed by atoms with Crippen molar-refractivity contribution in [2.45, 2.75) is 58.8 Å². The molecule has 3 fully saturated rings. The molecule has 0 radical (unpaired) electrons. The second kappa shape index (κ2) is 9.80. The summed E-state index contributed by atoms with van der Waals surface area (Å²) in [6, 6.07) is 8.05. The molecule has 202 valence electrons. The Morgan fingerprint density at radius 1 is 1.00 bits per heavy atom. The van der Waals surface area contributed by atoms with Crippen LogP contribution in [-0.4, -0.2) is 57.1 Å². The monoisotopic (exact) mass is 527 g/mol. The predicted octanol–water partition coefficient (Wildman–Crippen LogP) is 4.23. The molecule has 37 heavy (non-hydrogen) atoms. The first kappa shape index (κ1) is 26.4. The number of hydrogen-bond donors (Lipinski definition) is 2. The molecule has 2 N–H and O–H groups in total. The number of carbonyl (C=O) groups excluding carboxylic acids is 1. The van der Waals surface area contributed by atoms with Crippen LogP contribution >= 0.6 is 0 Å². The largest absolute Gasteiger partial charge is 0.362 e. The van der Waals surface area contributed by atoms with Crippen molar-refractivity contribution in [1.29, 1.82) is 0 Å². The molecule has 1 heterocycles. The van der Waals surface area contributed by atoms with E-state index in [9.17, 15) is 13.2 Å². The number of aromatic nitrogens is 2. The molecule has 3 aliphatic carbocycles. The fourth-order valence-corrected chi connectivity index (χ4v) is 9.00. The normalized spacial score (nSPS) is 29.1. The van der Waals surface area contributed by atoms with Gasteiger partial charge in [-0.3, -0.25) is 4.79 Å². The van der Waals surface area contributed by atoms with Gasteiger partial charge in [-0.1, -0.05) is 26.0 Å². The first-order chi connectivity index (χ1) is 17.5. The molecule has 2 aromatic rings. The number of nitrogens with zero attached hydrogens (tertiary/aromatic N) is 3. The molecule has 0 amide bonds. The molecule has 8 nitrogen and oxygen atoms in total. The number of sulfonamides is 1. The van der Waals surface area contributed by atoms with Crippen LogP contribution in [0.15, 0.2) is 24.3 Å². The summed E-state index contributed by atoms with van der Waals surface area (Å²) in [5.74, 6) is 2.83. The van der Waals surface area contributed by atoms with E-state index < -0.39 is 15.4 Å². The lowest BCUT2D eigenvalue weighted by molar-refractivity contribution is -0.128. The van der Waals surface area contributed by atoms with Crippen LogP contribution in [0.2, 0.25) is 0 Å². The zero-order valence-electron chi connectivity index (χ0n) is 22.6. The van der Waals surface area contributed by atoms with E-state index in [0.29, 0.717) is 43.1 Å². The molecule has 2 bridgehead atoms. The summed E-state index contributed by atoms with van der Waals surface area (Å²) in [5.41, 5.74) is -0.00848. The van der Waals surface area contributed by atoms with E-state index in [-0.39, 0.29) is 17.0 Å². The van der Waals surface area contributed by atoms with Crippen molar-refractivity contribution >= 4 is 38.5 Å². The number of fused-ring (bicyclic) bond motifs is 3. The fourth-order valence-electron chi connectivity index (χ4n) is 7.08. The minimum atomic E-state index is -3.50. The minimum Gasteiger partial charge on any atom is -0.362 e. The van der Waals surface area contributed by atoms with Crippen LogP contribution in [0.1, 0.15) is 58.8 Å². The Labute approximate surface area is 221 Å². The molecule has 0 saturated heterocycles. The summed E-state index contributed by atoms with van der Waals surface area (Å²) >= 11 is 0. The molecule has 5 rings (SSSR count). The van der Waals surface area contributed by atoms with Crippen molar-refractivity contribution in [3.8, 4) is 0 Å². The Bertz CT molecular complexity index is 1270. The third kappa shape index (κ3) is 4.97. The number of para-hydroxylation sites is 1. The van der Waals surface area contributed by atoms with E-state index in [0.717, 1.165) is 55.4 Å². The lowest BCUT2D eigenvalue weighted by atomic mass is 9.70. The number of benzene rings is 1. The van der Waals surface area contributed by atoms with Gasteiger partial charge in [0.05, 0.1) is 11.3 Å². The highest BCUT2D eigenvalue weighted by molar-refractivity contribution is 7.89. The number of carbonyl (C=O) groups is 1. The Morgan fingerprint density at radius 3 is 2.30 bits per heavy atom. The van der Waals surface area contributed by atoms with Crippen molar-refractivity contribution in [2.24, 2.45) is 28.6 Å². The lowest BCUT2D eigenvalue weighted by Crippen LogP contribution is -2.46. The Hall–Kier alpha value is -2.26. The van der Waals surface area contributed by atoms with E-state index in [4.69, 9.17) is 9.97 Å². The average Bonchev–Trinajstić information content (AvgIpc) is 3.20. The summed E-state index contributed by atoms with van der Waals surface area (Å²) in [6.45, 7) is 5.45. The van der Waals surface area contributed by atoms with Gasteiger partial charge in [-0.2, -0.15) is 4.98 Å². The molecule has 1 aromatic heterocycles. The fraction of sp³-hybridized carbons (Fsp3) is 0.679. The maximum atomic E-state index is 13.0. The van der Waals surface area contributed by atoms with Gasteiger partial charge < -0.3 is 10.2 Å². The SMILES string of the molecule is CN(C)c1nc(NC[C@H]2CC[C@H](CNS(=O)(=O)C[C@@]34CC[C@@H](CC3=O)C4(C)C)CC2)nc2ccccc12.